The van der Waals surface area contributed by atoms with Crippen molar-refractivity contribution in [3.8, 4) is 0 Å². The summed E-state index contributed by atoms with van der Waals surface area (Å²) in [5.41, 5.74) is 4.38. The van der Waals surface area contributed by atoms with Crippen LogP contribution in [0.4, 0.5) is 0 Å². The normalized spacial score (nSPS) is 16.6. The molecule has 0 aromatic carbocycles. The van der Waals surface area contributed by atoms with E-state index in [9.17, 15) is 4.79 Å². The van der Waals surface area contributed by atoms with Crippen molar-refractivity contribution in [1.82, 2.24) is 9.88 Å². The summed E-state index contributed by atoms with van der Waals surface area (Å²) in [6.07, 6.45) is 5.91. The lowest BCUT2D eigenvalue weighted by molar-refractivity contribution is 0.111. The number of carbonyl (C=O) groups excluding carboxylic acids is 1. The van der Waals surface area contributed by atoms with Crippen molar-refractivity contribution in [2.24, 2.45) is 0 Å². The second-order valence-corrected chi connectivity index (χ2v) is 5.04. The maximum Gasteiger partial charge on any atom is 0.166 e. The quantitative estimate of drug-likeness (QED) is 0.794. The van der Waals surface area contributed by atoms with Gasteiger partial charge in [0.1, 0.15) is 0 Å². The average Bonchev–Trinajstić information content (AvgIpc) is 2.91. The van der Waals surface area contributed by atoms with E-state index in [1.807, 2.05) is 6.92 Å². The van der Waals surface area contributed by atoms with Crippen LogP contribution in [0.15, 0.2) is 0 Å². The zero-order valence-electron chi connectivity index (χ0n) is 10.9. The van der Waals surface area contributed by atoms with Crippen LogP contribution >= 0.6 is 0 Å². The van der Waals surface area contributed by atoms with E-state index in [1.54, 1.807) is 0 Å². The number of likely N-dealkylation sites (tertiary alicyclic amines) is 1. The highest BCUT2D eigenvalue weighted by molar-refractivity contribution is 5.75. The highest BCUT2D eigenvalue weighted by atomic mass is 16.1. The Morgan fingerprint density at radius 2 is 2.00 bits per heavy atom. The molecule has 0 spiro atoms. The zero-order valence-corrected chi connectivity index (χ0v) is 10.9. The van der Waals surface area contributed by atoms with Crippen LogP contribution in [-0.4, -0.2) is 35.8 Å². The molecular formula is C14H22N2O. The second kappa shape index (κ2) is 5.50. The standard InChI is InChI=1S/C14H22N2O/c1-11-13(12(2)15-14(11)10-17)6-5-9-16-7-3-4-8-16/h10,15H,3-9H2,1-2H3. The third-order valence-electron chi connectivity index (χ3n) is 3.85. The maximum absolute atomic E-state index is 10.8. The molecule has 2 rings (SSSR count). The number of H-pyrrole nitrogens is 1. The first-order chi connectivity index (χ1) is 8.22. The Morgan fingerprint density at radius 1 is 1.29 bits per heavy atom. The Hall–Kier alpha value is -1.09. The number of aromatic amines is 1. The second-order valence-electron chi connectivity index (χ2n) is 5.04. The molecule has 1 aromatic heterocycles. The summed E-state index contributed by atoms with van der Waals surface area (Å²) in [6.45, 7) is 7.83. The van der Waals surface area contributed by atoms with Crippen LogP contribution in [0.3, 0.4) is 0 Å². The van der Waals surface area contributed by atoms with Crippen LogP contribution in [0.25, 0.3) is 0 Å². The van der Waals surface area contributed by atoms with Gasteiger partial charge in [-0.2, -0.15) is 0 Å². The minimum atomic E-state index is 0.749. The molecule has 0 bridgehead atoms. The third-order valence-corrected chi connectivity index (χ3v) is 3.85. The lowest BCUT2D eigenvalue weighted by atomic mass is 10.1. The highest BCUT2D eigenvalue weighted by Gasteiger charge is 2.13. The molecule has 0 saturated carbocycles. The Kier molecular flexibility index (Phi) is 4.00. The topological polar surface area (TPSA) is 36.1 Å². The van der Waals surface area contributed by atoms with E-state index < -0.39 is 0 Å². The van der Waals surface area contributed by atoms with Crippen LogP contribution < -0.4 is 0 Å². The molecule has 3 heteroatoms. The van der Waals surface area contributed by atoms with Crippen molar-refractivity contribution in [2.45, 2.75) is 39.5 Å². The van der Waals surface area contributed by atoms with Crippen molar-refractivity contribution in [2.75, 3.05) is 19.6 Å². The summed E-state index contributed by atoms with van der Waals surface area (Å²) in [4.78, 5) is 16.5. The fourth-order valence-corrected chi connectivity index (χ4v) is 2.79. The Labute approximate surface area is 103 Å². The fourth-order valence-electron chi connectivity index (χ4n) is 2.79. The Bertz CT molecular complexity index is 389. The van der Waals surface area contributed by atoms with Crippen molar-refractivity contribution in [1.29, 1.82) is 0 Å². The molecule has 3 nitrogen and oxygen atoms in total. The van der Waals surface area contributed by atoms with E-state index in [0.717, 1.165) is 29.7 Å². The van der Waals surface area contributed by atoms with Gasteiger partial charge in [-0.25, -0.2) is 0 Å². The van der Waals surface area contributed by atoms with Crippen LogP contribution in [0.1, 0.15) is 46.6 Å². The average molecular weight is 234 g/mol. The Morgan fingerprint density at radius 3 is 2.59 bits per heavy atom. The number of hydrogen-bond acceptors (Lipinski definition) is 2. The molecule has 1 aliphatic rings. The maximum atomic E-state index is 10.8. The molecule has 1 fully saturated rings. The van der Waals surface area contributed by atoms with Gasteiger partial charge in [-0.1, -0.05) is 0 Å². The van der Waals surface area contributed by atoms with E-state index in [2.05, 4.69) is 16.8 Å². The summed E-state index contributed by atoms with van der Waals surface area (Å²) in [7, 11) is 0. The van der Waals surface area contributed by atoms with Gasteiger partial charge in [-0.05, 0) is 70.3 Å². The molecule has 0 unspecified atom stereocenters. The first-order valence-corrected chi connectivity index (χ1v) is 6.58. The van der Waals surface area contributed by atoms with Gasteiger partial charge in [-0.15, -0.1) is 0 Å². The minimum absolute atomic E-state index is 0.749. The fraction of sp³-hybridized carbons (Fsp3) is 0.643. The van der Waals surface area contributed by atoms with Crippen LogP contribution in [0.2, 0.25) is 0 Å². The van der Waals surface area contributed by atoms with E-state index in [1.165, 1.54) is 44.5 Å². The monoisotopic (exact) mass is 234 g/mol. The van der Waals surface area contributed by atoms with Gasteiger partial charge < -0.3 is 9.88 Å². The lowest BCUT2D eigenvalue weighted by Gasteiger charge is -2.14. The van der Waals surface area contributed by atoms with Crippen LogP contribution in [-0.2, 0) is 6.42 Å². The number of aldehydes is 1. The molecule has 0 aliphatic carbocycles. The van der Waals surface area contributed by atoms with Crippen molar-refractivity contribution < 1.29 is 4.79 Å². The SMILES string of the molecule is Cc1[nH]c(C=O)c(C)c1CCCN1CCCC1. The van der Waals surface area contributed by atoms with Crippen molar-refractivity contribution in [3.63, 3.8) is 0 Å². The molecule has 1 saturated heterocycles. The largest absolute Gasteiger partial charge is 0.356 e. The number of aryl methyl sites for hydroxylation is 1. The number of nitrogens with zero attached hydrogens (tertiary/aromatic N) is 1. The predicted molar refractivity (Wildman–Crippen MR) is 69.6 cm³/mol. The molecule has 0 atom stereocenters. The molecule has 17 heavy (non-hydrogen) atoms. The molecule has 0 radical (unpaired) electrons. The minimum Gasteiger partial charge on any atom is -0.356 e. The number of aromatic nitrogens is 1. The molecular weight excluding hydrogens is 212 g/mol. The summed E-state index contributed by atoms with van der Waals surface area (Å²) >= 11 is 0. The molecule has 1 aliphatic heterocycles. The molecule has 94 valence electrons. The number of carbonyl (C=O) groups is 1. The van der Waals surface area contributed by atoms with Gasteiger partial charge in [0.25, 0.3) is 0 Å². The molecule has 0 amide bonds. The van der Waals surface area contributed by atoms with Crippen molar-refractivity contribution >= 4 is 6.29 Å². The lowest BCUT2D eigenvalue weighted by Crippen LogP contribution is -2.20. The van der Waals surface area contributed by atoms with E-state index in [-0.39, 0.29) is 0 Å². The predicted octanol–water partition coefficient (Wildman–Crippen LogP) is 2.47. The van der Waals surface area contributed by atoms with E-state index >= 15 is 0 Å². The molecule has 1 aromatic rings. The number of hydrogen-bond donors (Lipinski definition) is 1. The summed E-state index contributed by atoms with van der Waals surface area (Å²) < 4.78 is 0. The van der Waals surface area contributed by atoms with E-state index in [0.29, 0.717) is 0 Å². The highest BCUT2D eigenvalue weighted by Crippen LogP contribution is 2.19. The summed E-state index contributed by atoms with van der Waals surface area (Å²) in [5, 5.41) is 0. The van der Waals surface area contributed by atoms with Gasteiger partial charge in [0.2, 0.25) is 0 Å². The third kappa shape index (κ3) is 2.78. The number of rotatable bonds is 5. The molecule has 2 heterocycles. The number of nitrogens with one attached hydrogen (secondary N) is 1. The zero-order chi connectivity index (χ0) is 12.3. The van der Waals surface area contributed by atoms with Gasteiger partial charge in [-0.3, -0.25) is 4.79 Å². The van der Waals surface area contributed by atoms with Gasteiger partial charge in [0.05, 0.1) is 5.69 Å². The smallest absolute Gasteiger partial charge is 0.166 e. The van der Waals surface area contributed by atoms with Gasteiger partial charge in [0.15, 0.2) is 6.29 Å². The summed E-state index contributed by atoms with van der Waals surface area (Å²) in [6, 6.07) is 0. The van der Waals surface area contributed by atoms with Gasteiger partial charge in [0, 0.05) is 5.69 Å². The summed E-state index contributed by atoms with van der Waals surface area (Å²) in [5.74, 6) is 0. The van der Waals surface area contributed by atoms with Gasteiger partial charge >= 0.3 is 0 Å². The Balaban J connectivity index is 1.89. The van der Waals surface area contributed by atoms with E-state index in [4.69, 9.17) is 0 Å². The van der Waals surface area contributed by atoms with Crippen LogP contribution in [0, 0.1) is 13.8 Å². The van der Waals surface area contributed by atoms with Crippen molar-refractivity contribution in [3.05, 3.63) is 22.5 Å². The first kappa shape index (κ1) is 12.4. The molecule has 1 N–H and O–H groups in total. The van der Waals surface area contributed by atoms with Crippen LogP contribution in [0.5, 0.6) is 0 Å². The first-order valence-electron chi connectivity index (χ1n) is 6.58.